The maximum atomic E-state index is 4.59. The first-order chi connectivity index (χ1) is 13.1. The smallest absolute Gasteiger partial charge is 0.295 e. The molecule has 0 aliphatic carbocycles. The van der Waals surface area contributed by atoms with Crippen LogP contribution in [0.4, 0.5) is 0 Å². The number of aromatic nitrogens is 2. The number of rotatable bonds is 17. The molecule has 0 aromatic carbocycles. The number of aryl methyl sites for hydroxylation is 3. The second-order valence-electron chi connectivity index (χ2n) is 8.54. The molecule has 28 heavy (non-hydrogen) atoms. The topological polar surface area (TPSA) is 16.8 Å². The molecule has 0 bridgehead atoms. The molecule has 0 radical (unpaired) electrons. The van der Waals surface area contributed by atoms with Crippen LogP contribution in [0.2, 0.25) is 0 Å². The molecule has 3 heteroatoms. The zero-order chi connectivity index (χ0) is 19.7. The molecule has 1 heterocycles. The number of nitrogens with zero attached hydrogens (tertiary/aromatic N) is 2. The summed E-state index contributed by atoms with van der Waals surface area (Å²) in [6.07, 6.45) is 22.9. The molecule has 0 saturated carbocycles. The standard InChI is InChI=1S/C25H47N2.HI/c1-5-6-7-8-9-10-11-12-13-14-15-16-17-18-19-20-21-27-24(3)22-23(2)26-25(27)4;/h22H,5-21H2,1-4H3;1H/q+1;/p-1. The van der Waals surface area contributed by atoms with E-state index in [2.05, 4.69) is 43.3 Å². The molecule has 0 fully saturated rings. The summed E-state index contributed by atoms with van der Waals surface area (Å²) in [6.45, 7) is 9.84. The van der Waals surface area contributed by atoms with Crippen LogP contribution in [-0.4, -0.2) is 4.98 Å². The monoisotopic (exact) mass is 502 g/mol. The Morgan fingerprint density at radius 3 is 1.43 bits per heavy atom. The van der Waals surface area contributed by atoms with E-state index in [0.717, 1.165) is 18.1 Å². The van der Waals surface area contributed by atoms with Gasteiger partial charge in [-0.3, -0.25) is 0 Å². The van der Waals surface area contributed by atoms with E-state index in [1.54, 1.807) is 0 Å². The molecular weight excluding hydrogens is 455 g/mol. The molecule has 0 saturated heterocycles. The fourth-order valence-corrected chi connectivity index (χ4v) is 4.14. The average molecular weight is 503 g/mol. The van der Waals surface area contributed by atoms with Gasteiger partial charge in [-0.25, -0.2) is 4.57 Å². The van der Waals surface area contributed by atoms with Crippen LogP contribution in [0.25, 0.3) is 0 Å². The molecule has 1 aromatic rings. The van der Waals surface area contributed by atoms with Gasteiger partial charge < -0.3 is 24.0 Å². The third-order valence-electron chi connectivity index (χ3n) is 5.81. The highest BCUT2D eigenvalue weighted by Crippen LogP contribution is 2.13. The van der Waals surface area contributed by atoms with Gasteiger partial charge in [-0.2, -0.15) is 0 Å². The highest BCUT2D eigenvalue weighted by Gasteiger charge is 2.11. The van der Waals surface area contributed by atoms with Gasteiger partial charge in [0.2, 0.25) is 0 Å². The molecule has 0 atom stereocenters. The molecule has 0 N–H and O–H groups in total. The van der Waals surface area contributed by atoms with E-state index < -0.39 is 0 Å². The van der Waals surface area contributed by atoms with E-state index >= 15 is 0 Å². The van der Waals surface area contributed by atoms with Gasteiger partial charge in [-0.15, -0.1) is 0 Å². The number of unbranched alkanes of at least 4 members (excludes halogenated alkanes) is 15. The van der Waals surface area contributed by atoms with Crippen LogP contribution in [0.15, 0.2) is 6.07 Å². The largest absolute Gasteiger partial charge is 1.00 e. The molecule has 0 aliphatic rings. The molecule has 0 spiro atoms. The zero-order valence-electron chi connectivity index (χ0n) is 19.4. The molecule has 0 amide bonds. The van der Waals surface area contributed by atoms with Crippen LogP contribution in [0, 0.1) is 20.8 Å². The van der Waals surface area contributed by atoms with Crippen LogP contribution in [-0.2, 0) is 6.54 Å². The highest BCUT2D eigenvalue weighted by molar-refractivity contribution is 5.01. The van der Waals surface area contributed by atoms with Crippen LogP contribution in [0.1, 0.15) is 127 Å². The predicted octanol–water partition coefficient (Wildman–Crippen LogP) is 4.56. The Labute approximate surface area is 193 Å². The zero-order valence-corrected chi connectivity index (χ0v) is 21.5. The van der Waals surface area contributed by atoms with Crippen LogP contribution < -0.4 is 28.5 Å². The molecule has 2 nitrogen and oxygen atoms in total. The Bertz CT molecular complexity index is 464. The van der Waals surface area contributed by atoms with Gasteiger partial charge in [0.15, 0.2) is 5.69 Å². The maximum Gasteiger partial charge on any atom is 0.295 e. The lowest BCUT2D eigenvalue weighted by Crippen LogP contribution is -3.00. The van der Waals surface area contributed by atoms with Gasteiger partial charge in [-0.05, 0) is 19.8 Å². The van der Waals surface area contributed by atoms with Gasteiger partial charge in [0.25, 0.3) is 5.82 Å². The summed E-state index contributed by atoms with van der Waals surface area (Å²) < 4.78 is 2.37. The third-order valence-corrected chi connectivity index (χ3v) is 5.81. The molecule has 1 rings (SSSR count). The van der Waals surface area contributed by atoms with E-state index in [-0.39, 0.29) is 24.0 Å². The summed E-state index contributed by atoms with van der Waals surface area (Å²) in [5.41, 5.74) is 2.48. The molecular formula is C25H47IN2. The van der Waals surface area contributed by atoms with Crippen molar-refractivity contribution in [3.63, 3.8) is 0 Å². The molecule has 0 unspecified atom stereocenters. The molecule has 1 aromatic heterocycles. The summed E-state index contributed by atoms with van der Waals surface area (Å²) in [5, 5.41) is 0. The quantitative estimate of drug-likeness (QED) is 0.173. The lowest BCUT2D eigenvalue weighted by Gasteiger charge is -2.06. The fourth-order valence-electron chi connectivity index (χ4n) is 4.14. The summed E-state index contributed by atoms with van der Waals surface area (Å²) in [4.78, 5) is 4.59. The van der Waals surface area contributed by atoms with Crippen molar-refractivity contribution in [1.29, 1.82) is 0 Å². The minimum atomic E-state index is 0. The van der Waals surface area contributed by atoms with Gasteiger partial charge in [0.1, 0.15) is 5.69 Å². The Balaban J connectivity index is 0.00000729. The first-order valence-electron chi connectivity index (χ1n) is 12.0. The lowest BCUT2D eigenvalue weighted by molar-refractivity contribution is -0.712. The summed E-state index contributed by atoms with van der Waals surface area (Å²) >= 11 is 0. The number of halogens is 1. The van der Waals surface area contributed by atoms with Crippen molar-refractivity contribution in [1.82, 2.24) is 4.98 Å². The van der Waals surface area contributed by atoms with E-state index in [1.807, 2.05) is 0 Å². The molecule has 164 valence electrons. The maximum absolute atomic E-state index is 4.59. The van der Waals surface area contributed by atoms with E-state index in [1.165, 1.54) is 108 Å². The van der Waals surface area contributed by atoms with Crippen molar-refractivity contribution in [2.75, 3.05) is 0 Å². The SMILES string of the molecule is CCCCCCCCCCCCCCCCCC[n+]1c(C)cc(C)nc1C.[I-]. The van der Waals surface area contributed by atoms with Crippen molar-refractivity contribution < 1.29 is 28.5 Å². The Morgan fingerprint density at radius 2 is 1.04 bits per heavy atom. The van der Waals surface area contributed by atoms with Crippen molar-refractivity contribution in [2.24, 2.45) is 0 Å². The van der Waals surface area contributed by atoms with Crippen LogP contribution in [0.3, 0.4) is 0 Å². The first-order valence-corrected chi connectivity index (χ1v) is 12.0. The number of hydrogen-bond acceptors (Lipinski definition) is 1. The Morgan fingerprint density at radius 1 is 0.643 bits per heavy atom. The summed E-state index contributed by atoms with van der Waals surface area (Å²) in [7, 11) is 0. The van der Waals surface area contributed by atoms with Crippen LogP contribution in [0.5, 0.6) is 0 Å². The van der Waals surface area contributed by atoms with Crippen LogP contribution >= 0.6 is 0 Å². The van der Waals surface area contributed by atoms with Crippen molar-refractivity contribution in [3.8, 4) is 0 Å². The Hall–Kier alpha value is -0.190. The van der Waals surface area contributed by atoms with E-state index in [0.29, 0.717) is 0 Å². The van der Waals surface area contributed by atoms with Gasteiger partial charge in [-0.1, -0.05) is 102 Å². The van der Waals surface area contributed by atoms with E-state index in [9.17, 15) is 0 Å². The minimum Gasteiger partial charge on any atom is -1.00 e. The summed E-state index contributed by atoms with van der Waals surface area (Å²) in [5.74, 6) is 1.16. The van der Waals surface area contributed by atoms with Gasteiger partial charge >= 0.3 is 0 Å². The normalized spacial score (nSPS) is 10.9. The first kappa shape index (κ1) is 27.8. The average Bonchev–Trinajstić information content (AvgIpc) is 2.63. The lowest BCUT2D eigenvalue weighted by atomic mass is 10.0. The predicted molar refractivity (Wildman–Crippen MR) is 118 cm³/mol. The van der Waals surface area contributed by atoms with Crippen molar-refractivity contribution in [3.05, 3.63) is 23.3 Å². The Kier molecular flexibility index (Phi) is 18.7. The summed E-state index contributed by atoms with van der Waals surface area (Å²) in [6, 6.07) is 2.19. The van der Waals surface area contributed by atoms with Gasteiger partial charge in [0, 0.05) is 19.9 Å². The number of hydrogen-bond donors (Lipinski definition) is 0. The second kappa shape index (κ2) is 18.8. The van der Waals surface area contributed by atoms with Crippen molar-refractivity contribution in [2.45, 2.75) is 137 Å². The third kappa shape index (κ3) is 13.9. The molecule has 0 aliphatic heterocycles. The minimum absolute atomic E-state index is 0. The van der Waals surface area contributed by atoms with Gasteiger partial charge in [0.05, 0.1) is 6.54 Å². The van der Waals surface area contributed by atoms with E-state index in [4.69, 9.17) is 0 Å². The fraction of sp³-hybridized carbons (Fsp3) is 0.840. The highest BCUT2D eigenvalue weighted by atomic mass is 127. The van der Waals surface area contributed by atoms with Crippen molar-refractivity contribution >= 4 is 0 Å². The second-order valence-corrected chi connectivity index (χ2v) is 8.54.